The predicted octanol–water partition coefficient (Wildman–Crippen LogP) is 0.357. The molecule has 0 saturated heterocycles. The van der Waals surface area contributed by atoms with Gasteiger partial charge in [-0.2, -0.15) is 0 Å². The van der Waals surface area contributed by atoms with Crippen LogP contribution in [0.25, 0.3) is 0 Å². The fourth-order valence-corrected chi connectivity index (χ4v) is 1.53. The highest BCUT2D eigenvalue weighted by atomic mass is 16.1. The highest BCUT2D eigenvalue weighted by Gasteiger charge is 2.10. The van der Waals surface area contributed by atoms with Gasteiger partial charge in [0.05, 0.1) is 18.9 Å². The zero-order valence-electron chi connectivity index (χ0n) is 11.5. The van der Waals surface area contributed by atoms with Crippen LogP contribution in [0.1, 0.15) is 29.7 Å². The van der Waals surface area contributed by atoms with Crippen LogP contribution < -0.4 is 10.6 Å². The maximum Gasteiger partial charge on any atom is 0.271 e. The molecule has 1 amide bonds. The first-order valence-corrected chi connectivity index (χ1v) is 6.37. The van der Waals surface area contributed by atoms with Crippen molar-refractivity contribution in [1.82, 2.24) is 30.0 Å². The first kappa shape index (κ1) is 13.9. The van der Waals surface area contributed by atoms with Crippen LogP contribution in [0.5, 0.6) is 0 Å². The van der Waals surface area contributed by atoms with Gasteiger partial charge in [-0.25, -0.2) is 4.98 Å². The molecule has 8 heteroatoms. The molecule has 20 heavy (non-hydrogen) atoms. The third-order valence-corrected chi connectivity index (χ3v) is 2.64. The summed E-state index contributed by atoms with van der Waals surface area (Å²) in [7, 11) is 1.82. The van der Waals surface area contributed by atoms with E-state index in [0.29, 0.717) is 18.2 Å². The minimum absolute atomic E-state index is 0.272. The Morgan fingerprint density at radius 2 is 2.25 bits per heavy atom. The Labute approximate surface area is 116 Å². The van der Waals surface area contributed by atoms with Crippen molar-refractivity contribution in [2.45, 2.75) is 19.9 Å². The molecule has 106 valence electrons. The summed E-state index contributed by atoms with van der Waals surface area (Å²) in [5.41, 5.74) is 0.272. The molecular formula is C12H17N7O. The minimum atomic E-state index is -0.291. The Kier molecular flexibility index (Phi) is 4.59. The van der Waals surface area contributed by atoms with Gasteiger partial charge in [0.25, 0.3) is 5.91 Å². The largest absolute Gasteiger partial charge is 0.369 e. The second-order valence-electron chi connectivity index (χ2n) is 4.26. The molecule has 0 aromatic carbocycles. The minimum Gasteiger partial charge on any atom is -0.369 e. The molecule has 2 aromatic heterocycles. The van der Waals surface area contributed by atoms with Gasteiger partial charge in [-0.1, -0.05) is 6.92 Å². The molecule has 0 radical (unpaired) electrons. The van der Waals surface area contributed by atoms with Crippen molar-refractivity contribution in [3.63, 3.8) is 0 Å². The third-order valence-electron chi connectivity index (χ3n) is 2.64. The normalized spacial score (nSPS) is 10.3. The molecule has 2 rings (SSSR count). The van der Waals surface area contributed by atoms with Crippen LogP contribution in [-0.2, 0) is 13.6 Å². The molecule has 0 atom stereocenters. The van der Waals surface area contributed by atoms with Crippen LogP contribution in [0.4, 0.5) is 5.82 Å². The summed E-state index contributed by atoms with van der Waals surface area (Å²) in [4.78, 5) is 20.2. The molecular weight excluding hydrogens is 258 g/mol. The van der Waals surface area contributed by atoms with Crippen molar-refractivity contribution in [3.05, 3.63) is 30.2 Å². The second kappa shape index (κ2) is 6.60. The molecule has 0 fully saturated rings. The van der Waals surface area contributed by atoms with Crippen molar-refractivity contribution in [2.75, 3.05) is 11.9 Å². The summed E-state index contributed by atoms with van der Waals surface area (Å²) in [5.74, 6) is 0.977. The first-order valence-electron chi connectivity index (χ1n) is 6.37. The number of hydrogen-bond donors (Lipinski definition) is 2. The number of nitrogens with one attached hydrogen (secondary N) is 2. The van der Waals surface area contributed by atoms with Gasteiger partial charge in [0.15, 0.2) is 5.82 Å². The Morgan fingerprint density at radius 3 is 2.95 bits per heavy atom. The smallest absolute Gasteiger partial charge is 0.271 e. The number of carbonyl (C=O) groups excluding carboxylic acids is 1. The molecule has 2 N–H and O–H groups in total. The lowest BCUT2D eigenvalue weighted by Crippen LogP contribution is -2.25. The number of nitrogens with zero attached hydrogens (tertiary/aromatic N) is 5. The van der Waals surface area contributed by atoms with Gasteiger partial charge >= 0.3 is 0 Å². The third kappa shape index (κ3) is 3.50. The molecule has 0 aliphatic rings. The second-order valence-corrected chi connectivity index (χ2v) is 4.26. The number of aromatic nitrogens is 5. The van der Waals surface area contributed by atoms with E-state index in [2.05, 4.69) is 37.7 Å². The van der Waals surface area contributed by atoms with E-state index < -0.39 is 0 Å². The highest BCUT2D eigenvalue weighted by molar-refractivity contribution is 5.92. The number of anilines is 1. The molecule has 2 aromatic rings. The van der Waals surface area contributed by atoms with E-state index in [1.54, 1.807) is 17.1 Å². The van der Waals surface area contributed by atoms with E-state index in [1.165, 1.54) is 6.20 Å². The number of hydrogen-bond acceptors (Lipinski definition) is 6. The molecule has 0 aliphatic carbocycles. The summed E-state index contributed by atoms with van der Waals surface area (Å²) < 4.78 is 1.74. The van der Waals surface area contributed by atoms with Crippen LogP contribution in [0.3, 0.4) is 0 Å². The summed E-state index contributed by atoms with van der Waals surface area (Å²) in [6.45, 7) is 3.14. The maximum absolute atomic E-state index is 12.0. The number of aryl methyl sites for hydroxylation is 1. The van der Waals surface area contributed by atoms with E-state index >= 15 is 0 Å². The Morgan fingerprint density at radius 1 is 1.40 bits per heavy atom. The molecule has 0 unspecified atom stereocenters. The molecule has 0 saturated carbocycles. The van der Waals surface area contributed by atoms with Gasteiger partial charge in [-0.05, 0) is 6.42 Å². The van der Waals surface area contributed by atoms with Crippen molar-refractivity contribution >= 4 is 11.7 Å². The summed E-state index contributed by atoms with van der Waals surface area (Å²) in [5, 5.41) is 13.5. The van der Waals surface area contributed by atoms with Crippen LogP contribution in [0.15, 0.2) is 18.7 Å². The van der Waals surface area contributed by atoms with Gasteiger partial charge < -0.3 is 15.2 Å². The fraction of sp³-hybridized carbons (Fsp3) is 0.417. The lowest BCUT2D eigenvalue weighted by Gasteiger charge is -2.06. The van der Waals surface area contributed by atoms with Gasteiger partial charge in [-0.15, -0.1) is 10.2 Å². The standard InChI is InChI=1S/C12H17N7O/c1-3-4-14-10-6-13-5-9(17-10)12(20)15-7-11-18-16-8-19(11)2/h5-6,8H,3-4,7H2,1-2H3,(H,14,17)(H,15,20). The van der Waals surface area contributed by atoms with Crippen LogP contribution in [-0.4, -0.2) is 37.2 Å². The fourth-order valence-electron chi connectivity index (χ4n) is 1.53. The van der Waals surface area contributed by atoms with Crippen molar-refractivity contribution < 1.29 is 4.79 Å². The van der Waals surface area contributed by atoms with E-state index in [9.17, 15) is 4.79 Å². The summed E-state index contributed by atoms with van der Waals surface area (Å²) in [6, 6.07) is 0. The van der Waals surface area contributed by atoms with Crippen molar-refractivity contribution in [2.24, 2.45) is 7.05 Å². The SMILES string of the molecule is CCCNc1cncc(C(=O)NCc2nncn2C)n1. The quantitative estimate of drug-likeness (QED) is 0.790. The zero-order valence-corrected chi connectivity index (χ0v) is 11.5. The Bertz CT molecular complexity index is 581. The average Bonchev–Trinajstić information content (AvgIpc) is 2.88. The number of rotatable bonds is 6. The summed E-state index contributed by atoms with van der Waals surface area (Å²) in [6.07, 6.45) is 5.58. The van der Waals surface area contributed by atoms with E-state index in [1.807, 2.05) is 7.05 Å². The van der Waals surface area contributed by atoms with Crippen LogP contribution in [0, 0.1) is 0 Å². The van der Waals surface area contributed by atoms with Crippen molar-refractivity contribution in [3.8, 4) is 0 Å². The topological polar surface area (TPSA) is 97.6 Å². The Balaban J connectivity index is 1.96. The van der Waals surface area contributed by atoms with E-state index in [-0.39, 0.29) is 11.6 Å². The van der Waals surface area contributed by atoms with Gasteiger partial charge in [-0.3, -0.25) is 9.78 Å². The maximum atomic E-state index is 12.0. The monoisotopic (exact) mass is 275 g/mol. The Hall–Kier alpha value is -2.51. The molecule has 8 nitrogen and oxygen atoms in total. The molecule has 0 bridgehead atoms. The predicted molar refractivity (Wildman–Crippen MR) is 73.0 cm³/mol. The molecule has 0 spiro atoms. The van der Waals surface area contributed by atoms with E-state index in [4.69, 9.17) is 0 Å². The summed E-state index contributed by atoms with van der Waals surface area (Å²) >= 11 is 0. The molecule has 0 aliphatic heterocycles. The number of amides is 1. The highest BCUT2D eigenvalue weighted by Crippen LogP contribution is 2.02. The van der Waals surface area contributed by atoms with Gasteiger partial charge in [0.1, 0.15) is 17.8 Å². The number of carbonyl (C=O) groups is 1. The lowest BCUT2D eigenvalue weighted by molar-refractivity contribution is 0.0944. The van der Waals surface area contributed by atoms with Gasteiger partial charge in [0, 0.05) is 13.6 Å². The van der Waals surface area contributed by atoms with Crippen molar-refractivity contribution in [1.29, 1.82) is 0 Å². The average molecular weight is 275 g/mol. The molecule has 2 heterocycles. The zero-order chi connectivity index (χ0) is 14.4. The van der Waals surface area contributed by atoms with Crippen LogP contribution in [0.2, 0.25) is 0 Å². The van der Waals surface area contributed by atoms with Gasteiger partial charge in [0.2, 0.25) is 0 Å². The lowest BCUT2D eigenvalue weighted by atomic mass is 10.4. The first-order chi connectivity index (χ1) is 9.70. The van der Waals surface area contributed by atoms with Crippen LogP contribution >= 0.6 is 0 Å². The van der Waals surface area contributed by atoms with E-state index in [0.717, 1.165) is 13.0 Å².